The molecule has 0 spiro atoms. The lowest BCUT2D eigenvalue weighted by atomic mass is 9.91. The van der Waals surface area contributed by atoms with Crippen LogP contribution >= 0.6 is 11.8 Å². The predicted molar refractivity (Wildman–Crippen MR) is 147 cm³/mol. The first-order valence-corrected chi connectivity index (χ1v) is 14.4. The Morgan fingerprint density at radius 3 is 2.32 bits per heavy atom. The number of nitrogens with zero attached hydrogens (tertiary/aromatic N) is 2. The van der Waals surface area contributed by atoms with E-state index in [1.54, 1.807) is 0 Å². The molecule has 5 atom stereocenters. The summed E-state index contributed by atoms with van der Waals surface area (Å²) in [5.74, 6) is 0.262. The number of ether oxygens (including phenoxy) is 1. The van der Waals surface area contributed by atoms with Crippen molar-refractivity contribution in [2.24, 2.45) is 0 Å². The number of aliphatic hydroxyl groups is 3. The Bertz CT molecular complexity index is 1040. The van der Waals surface area contributed by atoms with Crippen LogP contribution in [0.3, 0.4) is 0 Å². The molecule has 2 fully saturated rings. The van der Waals surface area contributed by atoms with Crippen LogP contribution in [0.4, 0.5) is 0 Å². The zero-order valence-electron chi connectivity index (χ0n) is 22.0. The topological polar surface area (TPSA) is 93.5 Å². The summed E-state index contributed by atoms with van der Waals surface area (Å²) in [5.41, 5.74) is 4.87. The Morgan fingerprint density at radius 1 is 0.973 bits per heavy atom. The molecule has 4 rings (SSSR count). The molecule has 2 aliphatic heterocycles. The number of hydrogen-bond donors (Lipinski definition) is 3. The zero-order valence-corrected chi connectivity index (χ0v) is 22.9. The number of piperazine rings is 1. The number of thioether (sulfide) groups is 1. The molecule has 2 aromatic rings. The molecule has 1 amide bonds. The SMILES string of the molecule is CS[C@H]1O[C@@H](c2ccc(C)c(Cc3ccc(CCCC(=O)N4CCN(C)CC4)cc3)c2)[C@H](O)[C@@H](O)[C@@H]1O. The second kappa shape index (κ2) is 12.7. The second-order valence-electron chi connectivity index (χ2n) is 10.3. The summed E-state index contributed by atoms with van der Waals surface area (Å²) in [7, 11) is 2.09. The van der Waals surface area contributed by atoms with E-state index in [0.29, 0.717) is 6.42 Å². The zero-order chi connectivity index (χ0) is 26.5. The van der Waals surface area contributed by atoms with Crippen LogP contribution in [-0.4, -0.2) is 94.3 Å². The molecule has 0 saturated carbocycles. The van der Waals surface area contributed by atoms with Crippen LogP contribution in [0.15, 0.2) is 42.5 Å². The molecule has 3 N–H and O–H groups in total. The van der Waals surface area contributed by atoms with Gasteiger partial charge in [0.1, 0.15) is 29.9 Å². The number of aryl methyl sites for hydroxylation is 2. The van der Waals surface area contributed by atoms with Crippen molar-refractivity contribution in [2.75, 3.05) is 39.5 Å². The second-order valence-corrected chi connectivity index (χ2v) is 11.3. The molecule has 2 aromatic carbocycles. The first-order chi connectivity index (χ1) is 17.8. The number of hydrogen-bond acceptors (Lipinski definition) is 7. The summed E-state index contributed by atoms with van der Waals surface area (Å²) >= 11 is 1.32. The average molecular weight is 529 g/mol. The average Bonchev–Trinajstić information content (AvgIpc) is 2.90. The molecule has 0 bridgehead atoms. The summed E-state index contributed by atoms with van der Waals surface area (Å²) in [4.78, 5) is 16.7. The van der Waals surface area contributed by atoms with Crippen LogP contribution in [0.1, 0.15) is 46.8 Å². The van der Waals surface area contributed by atoms with Crippen LogP contribution < -0.4 is 0 Å². The third kappa shape index (κ3) is 6.93. The van der Waals surface area contributed by atoms with Gasteiger partial charge < -0.3 is 29.9 Å². The molecule has 2 heterocycles. The highest BCUT2D eigenvalue weighted by Crippen LogP contribution is 2.36. The van der Waals surface area contributed by atoms with E-state index in [1.165, 1.54) is 22.9 Å². The van der Waals surface area contributed by atoms with Gasteiger partial charge in [-0.2, -0.15) is 0 Å². The molecule has 37 heavy (non-hydrogen) atoms. The highest BCUT2D eigenvalue weighted by Gasteiger charge is 2.44. The third-order valence-corrected chi connectivity index (χ3v) is 8.49. The van der Waals surface area contributed by atoms with Gasteiger partial charge in [-0.1, -0.05) is 42.5 Å². The van der Waals surface area contributed by atoms with E-state index in [4.69, 9.17) is 4.74 Å². The fourth-order valence-corrected chi connectivity index (χ4v) is 5.75. The minimum atomic E-state index is -1.26. The van der Waals surface area contributed by atoms with E-state index in [-0.39, 0.29) is 5.91 Å². The van der Waals surface area contributed by atoms with Gasteiger partial charge in [-0.05, 0) is 67.3 Å². The standard InChI is InChI=1S/C29H40N2O5S/c1-19-7-12-22(28-26(34)25(33)27(35)29(36-28)37-3)18-23(19)17-21-10-8-20(9-11-21)5-4-6-24(32)31-15-13-30(2)14-16-31/h7-12,18,25-29,33-35H,4-6,13-17H2,1-3H3/t25-,26-,27+,28+,29-/m1/s1. The Morgan fingerprint density at radius 2 is 1.65 bits per heavy atom. The number of aliphatic hydroxyl groups excluding tert-OH is 3. The number of benzene rings is 2. The van der Waals surface area contributed by atoms with Crippen molar-refractivity contribution in [1.82, 2.24) is 9.80 Å². The van der Waals surface area contributed by atoms with Crippen molar-refractivity contribution in [3.63, 3.8) is 0 Å². The number of rotatable bonds is 8. The molecule has 7 nitrogen and oxygen atoms in total. The number of likely N-dealkylation sites (N-methyl/N-ethyl adjacent to an activating group) is 1. The van der Waals surface area contributed by atoms with E-state index in [9.17, 15) is 20.1 Å². The van der Waals surface area contributed by atoms with Crippen LogP contribution in [0.25, 0.3) is 0 Å². The minimum Gasteiger partial charge on any atom is -0.387 e. The van der Waals surface area contributed by atoms with Gasteiger partial charge in [0, 0.05) is 32.6 Å². The summed E-state index contributed by atoms with van der Waals surface area (Å²) in [5, 5.41) is 31.1. The van der Waals surface area contributed by atoms with Gasteiger partial charge in [0.25, 0.3) is 0 Å². The maximum absolute atomic E-state index is 12.5. The summed E-state index contributed by atoms with van der Waals surface area (Å²) in [6, 6.07) is 14.5. The summed E-state index contributed by atoms with van der Waals surface area (Å²) < 4.78 is 5.95. The van der Waals surface area contributed by atoms with Gasteiger partial charge in [0.2, 0.25) is 5.91 Å². The first-order valence-electron chi connectivity index (χ1n) is 13.1. The normalized spacial score (nSPS) is 26.9. The van der Waals surface area contributed by atoms with Gasteiger partial charge in [0.15, 0.2) is 0 Å². The van der Waals surface area contributed by atoms with Crippen molar-refractivity contribution in [3.8, 4) is 0 Å². The Hall–Kier alpha value is -1.94. The number of carbonyl (C=O) groups excluding carboxylic acids is 1. The molecule has 2 aliphatic rings. The quantitative estimate of drug-likeness (QED) is 0.485. The molecule has 0 aromatic heterocycles. The molecule has 0 unspecified atom stereocenters. The van der Waals surface area contributed by atoms with E-state index in [1.807, 2.05) is 29.4 Å². The number of amides is 1. The summed E-state index contributed by atoms with van der Waals surface area (Å²) in [6.45, 7) is 5.63. The molecule has 0 aliphatic carbocycles. The van der Waals surface area contributed by atoms with Crippen molar-refractivity contribution in [1.29, 1.82) is 0 Å². The lowest BCUT2D eigenvalue weighted by Crippen LogP contribution is -2.52. The maximum atomic E-state index is 12.5. The van der Waals surface area contributed by atoms with Gasteiger partial charge >= 0.3 is 0 Å². The smallest absolute Gasteiger partial charge is 0.222 e. The van der Waals surface area contributed by atoms with Crippen LogP contribution in [0.2, 0.25) is 0 Å². The highest BCUT2D eigenvalue weighted by atomic mass is 32.2. The molecule has 2 saturated heterocycles. The molecule has 8 heteroatoms. The van der Waals surface area contributed by atoms with Gasteiger partial charge in [-0.15, -0.1) is 11.8 Å². The fraction of sp³-hybridized carbons (Fsp3) is 0.552. The van der Waals surface area contributed by atoms with Crippen molar-refractivity contribution in [3.05, 3.63) is 70.3 Å². The van der Waals surface area contributed by atoms with E-state index in [2.05, 4.69) is 43.1 Å². The number of carbonyl (C=O) groups is 1. The largest absolute Gasteiger partial charge is 0.387 e. The van der Waals surface area contributed by atoms with Crippen LogP contribution in [-0.2, 0) is 22.4 Å². The van der Waals surface area contributed by atoms with Crippen molar-refractivity contribution in [2.45, 2.75) is 62.5 Å². The van der Waals surface area contributed by atoms with Crippen molar-refractivity contribution < 1.29 is 24.9 Å². The minimum absolute atomic E-state index is 0.262. The fourth-order valence-electron chi connectivity index (χ4n) is 5.08. The van der Waals surface area contributed by atoms with E-state index >= 15 is 0 Å². The van der Waals surface area contributed by atoms with Gasteiger partial charge in [-0.3, -0.25) is 4.79 Å². The van der Waals surface area contributed by atoms with Crippen molar-refractivity contribution >= 4 is 17.7 Å². The lowest BCUT2D eigenvalue weighted by molar-refractivity contribution is -0.200. The first kappa shape index (κ1) is 28.1. The van der Waals surface area contributed by atoms with E-state index in [0.717, 1.165) is 62.1 Å². The third-order valence-electron chi connectivity index (χ3n) is 7.63. The molecular formula is C29H40N2O5S. The molecule has 202 valence electrons. The lowest BCUT2D eigenvalue weighted by Gasteiger charge is -2.40. The van der Waals surface area contributed by atoms with Gasteiger partial charge in [0.05, 0.1) is 0 Å². The Balaban J connectivity index is 1.34. The monoisotopic (exact) mass is 528 g/mol. The molecular weight excluding hydrogens is 488 g/mol. The summed E-state index contributed by atoms with van der Waals surface area (Å²) in [6.07, 6.45) is 0.591. The Labute approximate surface area is 224 Å². The van der Waals surface area contributed by atoms with Crippen LogP contribution in [0, 0.1) is 6.92 Å². The predicted octanol–water partition coefficient (Wildman–Crippen LogP) is 2.53. The molecule has 0 radical (unpaired) electrons. The van der Waals surface area contributed by atoms with Gasteiger partial charge in [-0.25, -0.2) is 0 Å². The Kier molecular flexibility index (Phi) is 9.67. The maximum Gasteiger partial charge on any atom is 0.222 e. The van der Waals surface area contributed by atoms with Crippen LogP contribution in [0.5, 0.6) is 0 Å². The van der Waals surface area contributed by atoms with E-state index < -0.39 is 29.9 Å². The highest BCUT2D eigenvalue weighted by molar-refractivity contribution is 7.99.